The van der Waals surface area contributed by atoms with Gasteiger partial charge in [-0.05, 0) is 31.9 Å². The Hall–Kier alpha value is -1.68. The van der Waals surface area contributed by atoms with E-state index in [1.165, 1.54) is 30.4 Å². The largest absolute Gasteiger partial charge is 0.339 e. The maximum Gasteiger partial charge on any atom is 0.231 e. The van der Waals surface area contributed by atoms with Gasteiger partial charge in [0.25, 0.3) is 0 Å². The van der Waals surface area contributed by atoms with Crippen molar-refractivity contribution >= 4 is 0 Å². The first kappa shape index (κ1) is 13.3. The first-order chi connectivity index (χ1) is 9.81. The number of nitrogens with one attached hydrogen (secondary N) is 1. The second-order valence-electron chi connectivity index (χ2n) is 5.57. The summed E-state index contributed by atoms with van der Waals surface area (Å²) in [5.74, 6) is 1.52. The molecule has 4 nitrogen and oxygen atoms in total. The van der Waals surface area contributed by atoms with Gasteiger partial charge in [-0.3, -0.25) is 0 Å². The highest BCUT2D eigenvalue weighted by Gasteiger charge is 2.19. The molecule has 0 amide bonds. The standard InChI is InChI=1S/C16H21N3O/c1-12-6-5-7-13(10-12)11-15-18-16(19-20-15)14-8-3-2-4-9-17-14/h5-7,10,14,17H,2-4,8-9,11H2,1H3. The van der Waals surface area contributed by atoms with E-state index in [1.807, 2.05) is 0 Å². The minimum atomic E-state index is 0.257. The van der Waals surface area contributed by atoms with Crippen molar-refractivity contribution in [3.05, 3.63) is 47.1 Å². The van der Waals surface area contributed by atoms with E-state index in [1.54, 1.807) is 0 Å². The zero-order valence-corrected chi connectivity index (χ0v) is 11.9. The maximum absolute atomic E-state index is 5.40. The van der Waals surface area contributed by atoms with Crippen LogP contribution in [0.15, 0.2) is 28.8 Å². The van der Waals surface area contributed by atoms with Crippen LogP contribution in [0, 0.1) is 6.92 Å². The van der Waals surface area contributed by atoms with Gasteiger partial charge < -0.3 is 9.84 Å². The molecule has 1 aromatic heterocycles. The Bertz CT molecular complexity index is 556. The van der Waals surface area contributed by atoms with E-state index in [-0.39, 0.29) is 6.04 Å². The molecule has 0 saturated carbocycles. The average molecular weight is 271 g/mol. The molecule has 4 heteroatoms. The Labute approximate surface area is 119 Å². The van der Waals surface area contributed by atoms with Gasteiger partial charge in [0, 0.05) is 0 Å². The Morgan fingerprint density at radius 3 is 3.15 bits per heavy atom. The van der Waals surface area contributed by atoms with Crippen molar-refractivity contribution in [2.45, 2.75) is 45.1 Å². The van der Waals surface area contributed by atoms with Crippen LogP contribution in [-0.2, 0) is 6.42 Å². The lowest BCUT2D eigenvalue weighted by Gasteiger charge is -2.09. The molecule has 2 heterocycles. The lowest BCUT2D eigenvalue weighted by Crippen LogP contribution is -2.21. The van der Waals surface area contributed by atoms with Gasteiger partial charge in [-0.25, -0.2) is 0 Å². The third kappa shape index (κ3) is 3.25. The van der Waals surface area contributed by atoms with Crippen molar-refractivity contribution in [2.75, 3.05) is 6.54 Å². The van der Waals surface area contributed by atoms with Crippen LogP contribution in [0.2, 0.25) is 0 Å². The third-order valence-corrected chi connectivity index (χ3v) is 3.79. The van der Waals surface area contributed by atoms with Crippen LogP contribution in [0.25, 0.3) is 0 Å². The Balaban J connectivity index is 1.70. The summed E-state index contributed by atoms with van der Waals surface area (Å²) in [6, 6.07) is 8.68. The van der Waals surface area contributed by atoms with E-state index >= 15 is 0 Å². The Morgan fingerprint density at radius 1 is 1.30 bits per heavy atom. The molecule has 1 saturated heterocycles. The van der Waals surface area contributed by atoms with Gasteiger partial charge in [0.1, 0.15) is 0 Å². The van der Waals surface area contributed by atoms with Gasteiger partial charge in [-0.15, -0.1) is 0 Å². The van der Waals surface area contributed by atoms with Gasteiger partial charge in [-0.2, -0.15) is 4.98 Å². The van der Waals surface area contributed by atoms with Crippen LogP contribution in [0.5, 0.6) is 0 Å². The topological polar surface area (TPSA) is 51.0 Å². The summed E-state index contributed by atoms with van der Waals surface area (Å²) in [7, 11) is 0. The second kappa shape index (κ2) is 6.18. The average Bonchev–Trinajstić information content (AvgIpc) is 2.73. The van der Waals surface area contributed by atoms with E-state index in [0.29, 0.717) is 12.3 Å². The minimum Gasteiger partial charge on any atom is -0.339 e. The van der Waals surface area contributed by atoms with Crippen molar-refractivity contribution < 1.29 is 4.52 Å². The molecule has 1 fully saturated rings. The molecular formula is C16H21N3O. The zero-order valence-electron chi connectivity index (χ0n) is 11.9. The van der Waals surface area contributed by atoms with Gasteiger partial charge in [-0.1, -0.05) is 47.8 Å². The molecule has 1 aromatic carbocycles. The van der Waals surface area contributed by atoms with E-state index < -0.39 is 0 Å². The fourth-order valence-electron chi connectivity index (χ4n) is 2.73. The van der Waals surface area contributed by atoms with Crippen LogP contribution in [-0.4, -0.2) is 16.7 Å². The van der Waals surface area contributed by atoms with Gasteiger partial charge in [0.2, 0.25) is 5.89 Å². The lowest BCUT2D eigenvalue weighted by molar-refractivity contribution is 0.369. The number of rotatable bonds is 3. The van der Waals surface area contributed by atoms with Crippen molar-refractivity contribution in [2.24, 2.45) is 0 Å². The maximum atomic E-state index is 5.40. The molecule has 1 atom stereocenters. The van der Waals surface area contributed by atoms with Crippen LogP contribution in [0.1, 0.15) is 54.6 Å². The summed E-state index contributed by atoms with van der Waals surface area (Å²) < 4.78 is 5.40. The van der Waals surface area contributed by atoms with Crippen LogP contribution >= 0.6 is 0 Å². The zero-order chi connectivity index (χ0) is 13.8. The highest BCUT2D eigenvalue weighted by atomic mass is 16.5. The van der Waals surface area contributed by atoms with Crippen LogP contribution < -0.4 is 5.32 Å². The molecule has 0 aliphatic carbocycles. The summed E-state index contributed by atoms with van der Waals surface area (Å²) in [5.41, 5.74) is 2.47. The first-order valence-corrected chi connectivity index (χ1v) is 7.43. The Morgan fingerprint density at radius 2 is 2.25 bits per heavy atom. The summed E-state index contributed by atoms with van der Waals surface area (Å²) in [6.07, 6.45) is 5.58. The fraction of sp³-hybridized carbons (Fsp3) is 0.500. The predicted molar refractivity (Wildman–Crippen MR) is 77.5 cm³/mol. The SMILES string of the molecule is Cc1cccc(Cc2nc(C3CCCCCN3)no2)c1. The van der Waals surface area contributed by atoms with Gasteiger partial charge >= 0.3 is 0 Å². The molecular weight excluding hydrogens is 250 g/mol. The molecule has 106 valence electrons. The number of aryl methyl sites for hydroxylation is 1. The number of hydrogen-bond acceptors (Lipinski definition) is 4. The number of benzene rings is 1. The monoisotopic (exact) mass is 271 g/mol. The highest BCUT2D eigenvalue weighted by Crippen LogP contribution is 2.21. The van der Waals surface area contributed by atoms with Crippen LogP contribution in [0.4, 0.5) is 0 Å². The summed E-state index contributed by atoms with van der Waals surface area (Å²) in [4.78, 5) is 4.56. The smallest absolute Gasteiger partial charge is 0.231 e. The molecule has 0 spiro atoms. The summed E-state index contributed by atoms with van der Waals surface area (Å²) in [6.45, 7) is 3.14. The van der Waals surface area contributed by atoms with E-state index in [0.717, 1.165) is 18.8 Å². The fourth-order valence-corrected chi connectivity index (χ4v) is 2.73. The lowest BCUT2D eigenvalue weighted by atomic mass is 10.1. The summed E-state index contributed by atoms with van der Waals surface area (Å²) >= 11 is 0. The van der Waals surface area contributed by atoms with Crippen molar-refractivity contribution in [3.63, 3.8) is 0 Å². The normalized spacial score (nSPS) is 19.8. The van der Waals surface area contributed by atoms with Gasteiger partial charge in [0.15, 0.2) is 5.82 Å². The van der Waals surface area contributed by atoms with E-state index in [2.05, 4.69) is 46.6 Å². The molecule has 1 aliphatic heterocycles. The number of aromatic nitrogens is 2. The molecule has 2 aromatic rings. The van der Waals surface area contributed by atoms with E-state index in [4.69, 9.17) is 4.52 Å². The summed E-state index contributed by atoms with van der Waals surface area (Å²) in [5, 5.41) is 7.65. The molecule has 20 heavy (non-hydrogen) atoms. The van der Waals surface area contributed by atoms with Crippen LogP contribution in [0.3, 0.4) is 0 Å². The van der Waals surface area contributed by atoms with Crippen molar-refractivity contribution in [1.82, 2.24) is 15.5 Å². The van der Waals surface area contributed by atoms with Crippen molar-refractivity contribution in [3.8, 4) is 0 Å². The Kier molecular flexibility index (Phi) is 4.11. The first-order valence-electron chi connectivity index (χ1n) is 7.43. The minimum absolute atomic E-state index is 0.257. The van der Waals surface area contributed by atoms with E-state index in [9.17, 15) is 0 Å². The molecule has 3 rings (SSSR count). The number of nitrogens with zero attached hydrogens (tertiary/aromatic N) is 2. The molecule has 1 aliphatic rings. The molecule has 1 N–H and O–H groups in total. The molecule has 1 unspecified atom stereocenters. The second-order valence-corrected chi connectivity index (χ2v) is 5.57. The van der Waals surface area contributed by atoms with Crippen molar-refractivity contribution in [1.29, 1.82) is 0 Å². The molecule has 0 radical (unpaired) electrons. The predicted octanol–water partition coefficient (Wildman–Crippen LogP) is 3.17. The molecule has 0 bridgehead atoms. The number of hydrogen-bond donors (Lipinski definition) is 1. The third-order valence-electron chi connectivity index (χ3n) is 3.79. The highest BCUT2D eigenvalue weighted by molar-refractivity contribution is 5.24. The van der Waals surface area contributed by atoms with Gasteiger partial charge in [0.05, 0.1) is 12.5 Å². The quantitative estimate of drug-likeness (QED) is 0.931.